The van der Waals surface area contributed by atoms with E-state index in [0.717, 1.165) is 17.5 Å². The molecule has 0 aliphatic rings. The Kier molecular flexibility index (Phi) is 3.78. The van der Waals surface area contributed by atoms with E-state index < -0.39 is 0 Å². The monoisotopic (exact) mass is 239 g/mol. The topological polar surface area (TPSA) is 33.1 Å². The van der Waals surface area contributed by atoms with Crippen LogP contribution >= 0.6 is 0 Å². The summed E-state index contributed by atoms with van der Waals surface area (Å²) in [5, 5.41) is 7.58. The van der Waals surface area contributed by atoms with E-state index in [1.807, 2.05) is 24.3 Å². The summed E-state index contributed by atoms with van der Waals surface area (Å²) >= 11 is 0. The highest BCUT2D eigenvalue weighted by molar-refractivity contribution is 5.92. The number of rotatable bonds is 3. The van der Waals surface area contributed by atoms with Gasteiger partial charge in [-0.25, -0.2) is 0 Å². The van der Waals surface area contributed by atoms with E-state index in [0.29, 0.717) is 0 Å². The SMILES string of the molecule is CCc1ccc(-c2ccc(C(=N)OC)cc2)cc1. The molecule has 0 radical (unpaired) electrons. The highest BCUT2D eigenvalue weighted by atomic mass is 16.5. The Morgan fingerprint density at radius 2 is 1.44 bits per heavy atom. The quantitative estimate of drug-likeness (QED) is 0.639. The minimum atomic E-state index is 0.197. The molecule has 0 aliphatic heterocycles. The number of benzene rings is 2. The van der Waals surface area contributed by atoms with Gasteiger partial charge in [-0.1, -0.05) is 43.3 Å². The van der Waals surface area contributed by atoms with Gasteiger partial charge >= 0.3 is 0 Å². The highest BCUT2D eigenvalue weighted by Gasteiger charge is 2.02. The lowest BCUT2D eigenvalue weighted by molar-refractivity contribution is 0.401. The van der Waals surface area contributed by atoms with E-state index in [1.54, 1.807) is 0 Å². The molecule has 2 heteroatoms. The molecule has 2 aromatic rings. The summed E-state index contributed by atoms with van der Waals surface area (Å²) < 4.78 is 4.90. The van der Waals surface area contributed by atoms with Gasteiger partial charge in [-0.3, -0.25) is 5.41 Å². The number of hydrogen-bond donors (Lipinski definition) is 1. The first-order chi connectivity index (χ1) is 8.74. The van der Waals surface area contributed by atoms with E-state index in [-0.39, 0.29) is 5.90 Å². The second kappa shape index (κ2) is 5.50. The van der Waals surface area contributed by atoms with E-state index >= 15 is 0 Å². The molecule has 92 valence electrons. The van der Waals surface area contributed by atoms with Gasteiger partial charge in [0.2, 0.25) is 5.90 Å². The summed E-state index contributed by atoms with van der Waals surface area (Å²) in [6.45, 7) is 2.15. The third kappa shape index (κ3) is 2.59. The Labute approximate surface area is 108 Å². The Bertz CT molecular complexity index is 526. The van der Waals surface area contributed by atoms with E-state index in [2.05, 4.69) is 31.2 Å². The first-order valence-corrected chi connectivity index (χ1v) is 6.07. The Morgan fingerprint density at radius 3 is 1.89 bits per heavy atom. The molecular formula is C16H17NO. The maximum atomic E-state index is 7.58. The third-order valence-corrected chi connectivity index (χ3v) is 3.05. The molecule has 2 rings (SSSR count). The van der Waals surface area contributed by atoms with Crippen molar-refractivity contribution in [3.8, 4) is 11.1 Å². The molecule has 0 aromatic heterocycles. The zero-order chi connectivity index (χ0) is 13.0. The smallest absolute Gasteiger partial charge is 0.212 e. The minimum absolute atomic E-state index is 0.197. The summed E-state index contributed by atoms with van der Waals surface area (Å²) in [6.07, 6.45) is 1.06. The van der Waals surface area contributed by atoms with Crippen molar-refractivity contribution in [1.82, 2.24) is 0 Å². The number of nitrogens with one attached hydrogen (secondary N) is 1. The van der Waals surface area contributed by atoms with Gasteiger partial charge in [0.1, 0.15) is 0 Å². The summed E-state index contributed by atoms with van der Waals surface area (Å²) in [5.74, 6) is 0.197. The zero-order valence-corrected chi connectivity index (χ0v) is 10.7. The van der Waals surface area contributed by atoms with E-state index in [4.69, 9.17) is 10.1 Å². The fraction of sp³-hybridized carbons (Fsp3) is 0.188. The van der Waals surface area contributed by atoms with Crippen molar-refractivity contribution in [3.63, 3.8) is 0 Å². The lowest BCUT2D eigenvalue weighted by atomic mass is 10.0. The van der Waals surface area contributed by atoms with Gasteiger partial charge in [-0.05, 0) is 35.2 Å². The van der Waals surface area contributed by atoms with Crippen molar-refractivity contribution in [2.75, 3.05) is 7.11 Å². The van der Waals surface area contributed by atoms with Gasteiger partial charge in [0.15, 0.2) is 0 Å². The van der Waals surface area contributed by atoms with Crippen LogP contribution in [0.3, 0.4) is 0 Å². The van der Waals surface area contributed by atoms with Crippen molar-refractivity contribution in [1.29, 1.82) is 5.41 Å². The number of methoxy groups -OCH3 is 1. The van der Waals surface area contributed by atoms with Crippen LogP contribution in [0.25, 0.3) is 11.1 Å². The molecule has 0 aliphatic carbocycles. The predicted molar refractivity (Wildman–Crippen MR) is 75.1 cm³/mol. The van der Waals surface area contributed by atoms with Crippen LogP contribution < -0.4 is 0 Å². The van der Waals surface area contributed by atoms with Gasteiger partial charge in [0, 0.05) is 5.56 Å². The molecule has 18 heavy (non-hydrogen) atoms. The molecule has 0 spiro atoms. The molecule has 0 amide bonds. The fourth-order valence-electron chi connectivity index (χ4n) is 1.86. The van der Waals surface area contributed by atoms with Crippen molar-refractivity contribution in [3.05, 3.63) is 59.7 Å². The van der Waals surface area contributed by atoms with Crippen molar-refractivity contribution < 1.29 is 4.74 Å². The van der Waals surface area contributed by atoms with Crippen molar-refractivity contribution >= 4 is 5.90 Å². The van der Waals surface area contributed by atoms with Crippen LogP contribution in [0.5, 0.6) is 0 Å². The normalized spacial score (nSPS) is 10.1. The fourth-order valence-corrected chi connectivity index (χ4v) is 1.86. The Hall–Kier alpha value is -2.09. The van der Waals surface area contributed by atoms with Gasteiger partial charge in [0.25, 0.3) is 0 Å². The molecular weight excluding hydrogens is 222 g/mol. The maximum absolute atomic E-state index is 7.58. The lowest BCUT2D eigenvalue weighted by Gasteiger charge is -2.05. The first-order valence-electron chi connectivity index (χ1n) is 6.07. The van der Waals surface area contributed by atoms with Gasteiger partial charge in [-0.2, -0.15) is 0 Å². The average molecular weight is 239 g/mol. The number of hydrogen-bond acceptors (Lipinski definition) is 2. The third-order valence-electron chi connectivity index (χ3n) is 3.05. The zero-order valence-electron chi connectivity index (χ0n) is 10.7. The molecule has 0 fully saturated rings. The number of aryl methyl sites for hydroxylation is 1. The van der Waals surface area contributed by atoms with Crippen molar-refractivity contribution in [2.45, 2.75) is 13.3 Å². The highest BCUT2D eigenvalue weighted by Crippen LogP contribution is 2.20. The summed E-state index contributed by atoms with van der Waals surface area (Å²) in [7, 11) is 1.51. The van der Waals surface area contributed by atoms with Crippen LogP contribution in [0.1, 0.15) is 18.1 Å². The summed E-state index contributed by atoms with van der Waals surface area (Å²) in [5.41, 5.74) is 4.50. The lowest BCUT2D eigenvalue weighted by Crippen LogP contribution is -2.00. The molecule has 0 unspecified atom stereocenters. The minimum Gasteiger partial charge on any atom is -0.481 e. The van der Waals surface area contributed by atoms with Crippen LogP contribution in [0, 0.1) is 5.41 Å². The standard InChI is InChI=1S/C16H17NO/c1-3-12-4-6-13(7-5-12)14-8-10-15(11-9-14)16(17)18-2/h4-11,17H,3H2,1-2H3. The molecule has 0 bridgehead atoms. The molecule has 0 atom stereocenters. The molecule has 0 saturated carbocycles. The molecule has 0 saturated heterocycles. The van der Waals surface area contributed by atoms with E-state index in [1.165, 1.54) is 18.2 Å². The Morgan fingerprint density at radius 1 is 0.944 bits per heavy atom. The number of ether oxygens (including phenoxy) is 1. The largest absolute Gasteiger partial charge is 0.481 e. The summed E-state index contributed by atoms with van der Waals surface area (Å²) in [6, 6.07) is 16.4. The van der Waals surface area contributed by atoms with Gasteiger partial charge < -0.3 is 4.74 Å². The van der Waals surface area contributed by atoms with Crippen LogP contribution in [0.15, 0.2) is 48.5 Å². The molecule has 2 aromatic carbocycles. The molecule has 0 heterocycles. The van der Waals surface area contributed by atoms with Crippen LogP contribution in [0.2, 0.25) is 0 Å². The Balaban J connectivity index is 2.25. The first kappa shape index (κ1) is 12.4. The van der Waals surface area contributed by atoms with Crippen LogP contribution in [-0.2, 0) is 11.2 Å². The predicted octanol–water partition coefficient (Wildman–Crippen LogP) is 3.89. The van der Waals surface area contributed by atoms with E-state index in [9.17, 15) is 0 Å². The average Bonchev–Trinajstić information content (AvgIpc) is 2.47. The maximum Gasteiger partial charge on any atom is 0.212 e. The van der Waals surface area contributed by atoms with Gasteiger partial charge in [-0.15, -0.1) is 0 Å². The summed E-state index contributed by atoms with van der Waals surface area (Å²) in [4.78, 5) is 0. The molecule has 2 nitrogen and oxygen atoms in total. The van der Waals surface area contributed by atoms with Gasteiger partial charge in [0.05, 0.1) is 7.11 Å². The molecule has 1 N–H and O–H groups in total. The van der Waals surface area contributed by atoms with Crippen molar-refractivity contribution in [2.24, 2.45) is 0 Å². The van der Waals surface area contributed by atoms with Crippen LogP contribution in [0.4, 0.5) is 0 Å². The van der Waals surface area contributed by atoms with Crippen LogP contribution in [-0.4, -0.2) is 13.0 Å². The second-order valence-corrected chi connectivity index (χ2v) is 4.16. The second-order valence-electron chi connectivity index (χ2n) is 4.16.